The van der Waals surface area contributed by atoms with E-state index in [2.05, 4.69) is 5.32 Å². The average Bonchev–Trinajstić information content (AvgIpc) is 2.64. The first-order chi connectivity index (χ1) is 13.4. The van der Waals surface area contributed by atoms with Crippen molar-refractivity contribution < 1.29 is 19.1 Å². The van der Waals surface area contributed by atoms with E-state index in [1.165, 1.54) is 6.08 Å². The normalized spacial score (nSPS) is 10.9. The first kappa shape index (κ1) is 20.7. The predicted octanol–water partition coefficient (Wildman–Crippen LogP) is 3.87. The van der Waals surface area contributed by atoms with Crippen molar-refractivity contribution in [2.24, 2.45) is 0 Å². The molecule has 0 saturated heterocycles. The lowest BCUT2D eigenvalue weighted by atomic mass is 10.1. The topological polar surface area (TPSA) is 88.4 Å². The molecule has 1 amide bonds. The van der Waals surface area contributed by atoms with Crippen LogP contribution in [0.3, 0.4) is 0 Å². The number of nitrogens with zero attached hydrogens (tertiary/aromatic N) is 1. The van der Waals surface area contributed by atoms with Gasteiger partial charge in [-0.2, -0.15) is 5.26 Å². The minimum absolute atomic E-state index is 0.0179. The van der Waals surface area contributed by atoms with Gasteiger partial charge in [-0.1, -0.05) is 24.3 Å². The van der Waals surface area contributed by atoms with Gasteiger partial charge in [-0.05, 0) is 62.2 Å². The summed E-state index contributed by atoms with van der Waals surface area (Å²) in [5, 5.41) is 12.0. The van der Waals surface area contributed by atoms with Crippen LogP contribution in [0.5, 0.6) is 5.75 Å². The van der Waals surface area contributed by atoms with Gasteiger partial charge in [0, 0.05) is 5.69 Å². The molecule has 0 spiro atoms. The van der Waals surface area contributed by atoms with Crippen molar-refractivity contribution in [3.8, 4) is 11.8 Å². The summed E-state index contributed by atoms with van der Waals surface area (Å²) >= 11 is 0. The van der Waals surface area contributed by atoms with Gasteiger partial charge in [-0.25, -0.2) is 4.79 Å². The zero-order valence-corrected chi connectivity index (χ0v) is 16.1. The van der Waals surface area contributed by atoms with Crippen molar-refractivity contribution in [1.29, 1.82) is 5.26 Å². The third kappa shape index (κ3) is 6.61. The Bertz CT molecular complexity index is 909. The van der Waals surface area contributed by atoms with Gasteiger partial charge in [-0.15, -0.1) is 0 Å². The van der Waals surface area contributed by atoms with Crippen LogP contribution < -0.4 is 10.1 Å². The third-order valence-electron chi connectivity index (χ3n) is 3.56. The summed E-state index contributed by atoms with van der Waals surface area (Å²) in [7, 11) is 0. The van der Waals surface area contributed by atoms with E-state index >= 15 is 0 Å². The molecular weight excluding hydrogens is 356 g/mol. The summed E-state index contributed by atoms with van der Waals surface area (Å²) in [5.74, 6) is -0.441. The maximum atomic E-state index is 12.3. The highest BCUT2D eigenvalue weighted by molar-refractivity contribution is 6.09. The fourth-order valence-electron chi connectivity index (χ4n) is 2.34. The second-order valence-corrected chi connectivity index (χ2v) is 6.39. The standard InChI is InChI=1S/C22H22N2O4/c1-15(2)28-21(25)14-27-20-9-7-17(8-10-20)12-18(13-23)22(26)24-19-6-4-5-16(3)11-19/h4-12,15H,14H2,1-3H3,(H,24,26)/b18-12-. The van der Waals surface area contributed by atoms with E-state index in [1.54, 1.807) is 44.2 Å². The molecule has 0 aliphatic rings. The van der Waals surface area contributed by atoms with Crippen LogP contribution in [-0.4, -0.2) is 24.6 Å². The zero-order valence-electron chi connectivity index (χ0n) is 16.1. The maximum absolute atomic E-state index is 12.3. The Morgan fingerprint density at radius 3 is 2.50 bits per heavy atom. The molecule has 6 heteroatoms. The molecule has 2 aromatic carbocycles. The molecule has 0 aliphatic carbocycles. The quantitative estimate of drug-likeness (QED) is 0.449. The molecule has 6 nitrogen and oxygen atoms in total. The summed E-state index contributed by atoms with van der Waals surface area (Å²) in [5.41, 5.74) is 2.28. The molecule has 0 aliphatic heterocycles. The number of nitriles is 1. The van der Waals surface area contributed by atoms with Crippen LogP contribution >= 0.6 is 0 Å². The number of anilines is 1. The largest absolute Gasteiger partial charge is 0.482 e. The second kappa shape index (κ2) is 9.93. The Hall–Kier alpha value is -3.59. The van der Waals surface area contributed by atoms with Gasteiger partial charge in [0.2, 0.25) is 0 Å². The van der Waals surface area contributed by atoms with Gasteiger partial charge in [0.1, 0.15) is 17.4 Å². The minimum Gasteiger partial charge on any atom is -0.482 e. The molecule has 0 aromatic heterocycles. The van der Waals surface area contributed by atoms with Crippen molar-refractivity contribution in [3.63, 3.8) is 0 Å². The number of hydrogen-bond donors (Lipinski definition) is 1. The maximum Gasteiger partial charge on any atom is 0.344 e. The Morgan fingerprint density at radius 1 is 1.18 bits per heavy atom. The minimum atomic E-state index is -0.482. The van der Waals surface area contributed by atoms with Crippen LogP contribution in [0, 0.1) is 18.3 Å². The number of carbonyl (C=O) groups is 2. The van der Waals surface area contributed by atoms with E-state index < -0.39 is 11.9 Å². The zero-order chi connectivity index (χ0) is 20.5. The number of hydrogen-bond acceptors (Lipinski definition) is 5. The number of amides is 1. The molecule has 2 rings (SSSR count). The lowest BCUT2D eigenvalue weighted by Crippen LogP contribution is -2.18. The Kier molecular flexibility index (Phi) is 7.35. The van der Waals surface area contributed by atoms with Gasteiger partial charge in [-0.3, -0.25) is 4.79 Å². The van der Waals surface area contributed by atoms with Crippen LogP contribution in [0.1, 0.15) is 25.0 Å². The van der Waals surface area contributed by atoms with Gasteiger partial charge in [0.05, 0.1) is 6.10 Å². The lowest BCUT2D eigenvalue weighted by Gasteiger charge is -2.09. The predicted molar refractivity (Wildman–Crippen MR) is 107 cm³/mol. The van der Waals surface area contributed by atoms with E-state index in [0.717, 1.165) is 5.56 Å². The third-order valence-corrected chi connectivity index (χ3v) is 3.56. The Labute approximate surface area is 164 Å². The fourth-order valence-corrected chi connectivity index (χ4v) is 2.34. The van der Waals surface area contributed by atoms with E-state index in [-0.39, 0.29) is 18.3 Å². The van der Waals surface area contributed by atoms with Crippen LogP contribution in [-0.2, 0) is 14.3 Å². The van der Waals surface area contributed by atoms with Crippen molar-refractivity contribution in [2.75, 3.05) is 11.9 Å². The van der Waals surface area contributed by atoms with Crippen molar-refractivity contribution >= 4 is 23.6 Å². The fraction of sp³-hybridized carbons (Fsp3) is 0.227. The SMILES string of the molecule is Cc1cccc(NC(=O)/C(C#N)=C\c2ccc(OCC(=O)OC(C)C)cc2)c1. The average molecular weight is 378 g/mol. The van der Waals surface area contributed by atoms with Gasteiger partial charge in [0.15, 0.2) is 6.61 Å². The van der Waals surface area contributed by atoms with Gasteiger partial charge in [0.25, 0.3) is 5.91 Å². The summed E-state index contributed by atoms with van der Waals surface area (Å²) < 4.78 is 10.3. The Morgan fingerprint density at radius 2 is 1.89 bits per heavy atom. The number of benzene rings is 2. The number of nitrogens with one attached hydrogen (secondary N) is 1. The van der Waals surface area contributed by atoms with Crippen molar-refractivity contribution in [3.05, 3.63) is 65.2 Å². The van der Waals surface area contributed by atoms with Gasteiger partial charge >= 0.3 is 5.97 Å². The molecular formula is C22H22N2O4. The lowest BCUT2D eigenvalue weighted by molar-refractivity contribution is -0.149. The smallest absolute Gasteiger partial charge is 0.344 e. The number of rotatable bonds is 7. The summed E-state index contributed by atoms with van der Waals surface area (Å²) in [6, 6.07) is 15.9. The highest BCUT2D eigenvalue weighted by Crippen LogP contribution is 2.16. The first-order valence-corrected chi connectivity index (χ1v) is 8.79. The van der Waals surface area contributed by atoms with Crippen LogP contribution in [0.2, 0.25) is 0 Å². The number of esters is 1. The molecule has 0 atom stereocenters. The van der Waals surface area contributed by atoms with E-state index in [4.69, 9.17) is 9.47 Å². The van der Waals surface area contributed by atoms with E-state index in [1.807, 2.05) is 31.2 Å². The van der Waals surface area contributed by atoms with Crippen LogP contribution in [0.15, 0.2) is 54.1 Å². The first-order valence-electron chi connectivity index (χ1n) is 8.79. The van der Waals surface area contributed by atoms with Crippen molar-refractivity contribution in [2.45, 2.75) is 26.9 Å². The van der Waals surface area contributed by atoms with Crippen LogP contribution in [0.25, 0.3) is 6.08 Å². The molecule has 0 fully saturated rings. The molecule has 1 N–H and O–H groups in total. The van der Waals surface area contributed by atoms with Crippen molar-refractivity contribution in [1.82, 2.24) is 0 Å². The van der Waals surface area contributed by atoms with E-state index in [9.17, 15) is 14.9 Å². The molecule has 0 radical (unpaired) electrons. The molecule has 2 aromatic rings. The highest BCUT2D eigenvalue weighted by atomic mass is 16.6. The molecule has 0 saturated carbocycles. The second-order valence-electron chi connectivity index (χ2n) is 6.39. The molecule has 144 valence electrons. The highest BCUT2D eigenvalue weighted by Gasteiger charge is 2.10. The van der Waals surface area contributed by atoms with Gasteiger partial charge < -0.3 is 14.8 Å². The summed E-state index contributed by atoms with van der Waals surface area (Å²) in [6.07, 6.45) is 1.29. The number of carbonyl (C=O) groups excluding carboxylic acids is 2. The van der Waals surface area contributed by atoms with E-state index in [0.29, 0.717) is 17.0 Å². The summed E-state index contributed by atoms with van der Waals surface area (Å²) in [6.45, 7) is 5.26. The van der Waals surface area contributed by atoms with Crippen LogP contribution in [0.4, 0.5) is 5.69 Å². The number of ether oxygens (including phenoxy) is 2. The molecule has 28 heavy (non-hydrogen) atoms. The number of aryl methyl sites for hydroxylation is 1. The summed E-state index contributed by atoms with van der Waals surface area (Å²) in [4.78, 5) is 23.8. The monoisotopic (exact) mass is 378 g/mol. The molecule has 0 unspecified atom stereocenters. The molecule has 0 heterocycles. The Balaban J connectivity index is 2.01. The molecule has 0 bridgehead atoms.